The van der Waals surface area contributed by atoms with Gasteiger partial charge in [-0.25, -0.2) is 0 Å². The lowest BCUT2D eigenvalue weighted by molar-refractivity contribution is -0.132. The molecule has 2 saturated carbocycles. The molecule has 2 heterocycles. The van der Waals surface area contributed by atoms with E-state index < -0.39 is 0 Å². The molecule has 2 aliphatic carbocycles. The fraction of sp³-hybridized carbons (Fsp3) is 0.750. The van der Waals surface area contributed by atoms with Crippen LogP contribution in [-0.2, 0) is 9.59 Å². The number of hydrogen-bond donors (Lipinski definition) is 1. The predicted molar refractivity (Wildman–Crippen MR) is 89.5 cm³/mol. The quantitative estimate of drug-likeness (QED) is 0.781. The summed E-state index contributed by atoms with van der Waals surface area (Å²) >= 11 is 1.47. The molecule has 1 saturated heterocycles. The Balaban J connectivity index is 1.38. The van der Waals surface area contributed by atoms with Gasteiger partial charge in [-0.2, -0.15) is 0 Å². The smallest absolute Gasteiger partial charge is 0.233 e. The molecule has 2 N–H and O–H groups in total. The minimum atomic E-state index is -0.303. The van der Waals surface area contributed by atoms with E-state index in [1.807, 2.05) is 0 Å². The predicted octanol–water partition coefficient (Wildman–Crippen LogP) is 1.31. The van der Waals surface area contributed by atoms with E-state index in [-0.39, 0.29) is 17.7 Å². The lowest BCUT2D eigenvalue weighted by Crippen LogP contribution is -2.44. The third-order valence-electron chi connectivity index (χ3n) is 5.05. The minimum absolute atomic E-state index is 0.0595. The van der Waals surface area contributed by atoms with Gasteiger partial charge in [-0.1, -0.05) is 11.8 Å². The largest absolute Gasteiger partial charge is 0.369 e. The van der Waals surface area contributed by atoms with Gasteiger partial charge in [0, 0.05) is 25.0 Å². The summed E-state index contributed by atoms with van der Waals surface area (Å²) in [6.07, 6.45) is 6.41. The van der Waals surface area contributed by atoms with Crippen molar-refractivity contribution in [3.63, 3.8) is 0 Å². The first-order valence-electron chi connectivity index (χ1n) is 8.78. The highest BCUT2D eigenvalue weighted by Crippen LogP contribution is 2.46. The van der Waals surface area contributed by atoms with Crippen molar-refractivity contribution in [2.24, 2.45) is 11.7 Å². The minimum Gasteiger partial charge on any atom is -0.369 e. The summed E-state index contributed by atoms with van der Waals surface area (Å²) in [7, 11) is 0. The number of nitrogens with two attached hydrogens (primary N) is 1. The van der Waals surface area contributed by atoms with Crippen LogP contribution < -0.4 is 5.73 Å². The number of aromatic nitrogens is 3. The molecule has 4 rings (SSSR count). The number of nitrogens with zero attached hydrogens (tertiary/aromatic N) is 4. The summed E-state index contributed by atoms with van der Waals surface area (Å²) in [4.78, 5) is 25.6. The van der Waals surface area contributed by atoms with Crippen molar-refractivity contribution in [3.8, 4) is 0 Å². The first-order valence-corrected chi connectivity index (χ1v) is 9.76. The number of piperidine rings is 1. The molecule has 1 aromatic heterocycles. The van der Waals surface area contributed by atoms with E-state index >= 15 is 0 Å². The Hall–Kier alpha value is -1.57. The molecule has 1 aromatic rings. The number of thioether (sulfide) groups is 1. The van der Waals surface area contributed by atoms with Gasteiger partial charge < -0.3 is 15.2 Å². The molecule has 3 aliphatic rings. The molecule has 2 amide bonds. The van der Waals surface area contributed by atoms with E-state index in [4.69, 9.17) is 5.73 Å². The SMILES string of the molecule is NC(=O)[C@H]1CCCN(C(=O)CSc2nnc(C3CC3)n2C2CC2)C1. The molecule has 0 radical (unpaired) electrons. The highest BCUT2D eigenvalue weighted by atomic mass is 32.2. The molecular weight excluding hydrogens is 326 g/mol. The van der Waals surface area contributed by atoms with E-state index in [1.54, 1.807) is 4.90 Å². The fourth-order valence-electron chi connectivity index (χ4n) is 3.34. The third kappa shape index (κ3) is 3.29. The first-order chi connectivity index (χ1) is 11.6. The second-order valence-corrected chi connectivity index (χ2v) is 8.03. The number of primary amides is 1. The summed E-state index contributed by atoms with van der Waals surface area (Å²) in [5.41, 5.74) is 5.39. The normalized spacial score (nSPS) is 24.2. The molecule has 0 bridgehead atoms. The molecule has 8 heteroatoms. The van der Waals surface area contributed by atoms with Gasteiger partial charge in [0.2, 0.25) is 11.8 Å². The zero-order chi connectivity index (χ0) is 16.7. The standard InChI is InChI=1S/C16H23N5O2S/c17-14(23)11-2-1-7-20(8-11)13(22)9-24-16-19-18-15(10-3-4-10)21(16)12-5-6-12/h10-12H,1-9H2,(H2,17,23)/t11-/m0/s1. The zero-order valence-corrected chi connectivity index (χ0v) is 14.5. The molecular formula is C16H23N5O2S. The van der Waals surface area contributed by atoms with Crippen LogP contribution in [0.1, 0.15) is 56.3 Å². The Labute approximate surface area is 145 Å². The summed E-state index contributed by atoms with van der Waals surface area (Å²) in [5.74, 6) is 1.58. The average Bonchev–Trinajstić information content (AvgIpc) is 3.51. The van der Waals surface area contributed by atoms with E-state index in [2.05, 4.69) is 14.8 Å². The van der Waals surface area contributed by atoms with Crippen LogP contribution in [0.2, 0.25) is 0 Å². The van der Waals surface area contributed by atoms with Gasteiger partial charge in [-0.3, -0.25) is 9.59 Å². The molecule has 0 unspecified atom stereocenters. The van der Waals surface area contributed by atoms with Crippen molar-refractivity contribution in [1.29, 1.82) is 0 Å². The van der Waals surface area contributed by atoms with Crippen molar-refractivity contribution >= 4 is 23.6 Å². The summed E-state index contributed by atoms with van der Waals surface area (Å²) < 4.78 is 2.26. The Morgan fingerprint density at radius 2 is 1.96 bits per heavy atom. The average molecular weight is 349 g/mol. The van der Waals surface area contributed by atoms with Crippen LogP contribution in [0.25, 0.3) is 0 Å². The number of rotatable bonds is 6. The van der Waals surface area contributed by atoms with Crippen LogP contribution in [0.3, 0.4) is 0 Å². The first kappa shape index (κ1) is 15.9. The van der Waals surface area contributed by atoms with Gasteiger partial charge in [0.25, 0.3) is 0 Å². The van der Waals surface area contributed by atoms with Crippen LogP contribution in [0.5, 0.6) is 0 Å². The van der Waals surface area contributed by atoms with Crippen LogP contribution in [0, 0.1) is 5.92 Å². The highest BCUT2D eigenvalue weighted by Gasteiger charge is 2.36. The second kappa shape index (κ2) is 6.38. The van der Waals surface area contributed by atoms with E-state index in [0.717, 1.165) is 23.8 Å². The summed E-state index contributed by atoms with van der Waals surface area (Å²) in [6.45, 7) is 1.17. The molecule has 0 spiro atoms. The van der Waals surface area contributed by atoms with Gasteiger partial charge >= 0.3 is 0 Å². The maximum absolute atomic E-state index is 12.5. The van der Waals surface area contributed by atoms with E-state index in [1.165, 1.54) is 37.4 Å². The number of likely N-dealkylation sites (tertiary alicyclic amines) is 1. The Morgan fingerprint density at radius 3 is 2.62 bits per heavy atom. The van der Waals surface area contributed by atoms with Crippen LogP contribution >= 0.6 is 11.8 Å². The number of amides is 2. The van der Waals surface area contributed by atoms with Crippen molar-refractivity contribution in [2.45, 2.75) is 55.6 Å². The van der Waals surface area contributed by atoms with Crippen molar-refractivity contribution < 1.29 is 9.59 Å². The number of carbonyl (C=O) groups is 2. The van der Waals surface area contributed by atoms with Crippen molar-refractivity contribution in [3.05, 3.63) is 5.82 Å². The summed E-state index contributed by atoms with van der Waals surface area (Å²) in [5, 5.41) is 9.57. The highest BCUT2D eigenvalue weighted by molar-refractivity contribution is 7.99. The Bertz CT molecular complexity index is 653. The van der Waals surface area contributed by atoms with E-state index in [9.17, 15) is 9.59 Å². The van der Waals surface area contributed by atoms with Crippen LogP contribution in [0.15, 0.2) is 5.16 Å². The van der Waals surface area contributed by atoms with Crippen molar-refractivity contribution in [2.75, 3.05) is 18.8 Å². The Morgan fingerprint density at radius 1 is 1.17 bits per heavy atom. The molecule has 3 fully saturated rings. The third-order valence-corrected chi connectivity index (χ3v) is 5.97. The van der Waals surface area contributed by atoms with Gasteiger partial charge in [0.1, 0.15) is 5.82 Å². The molecule has 1 aliphatic heterocycles. The van der Waals surface area contributed by atoms with Crippen LogP contribution in [-0.4, -0.2) is 50.3 Å². The molecule has 0 aromatic carbocycles. The number of hydrogen-bond acceptors (Lipinski definition) is 5. The molecule has 24 heavy (non-hydrogen) atoms. The second-order valence-electron chi connectivity index (χ2n) is 7.09. The maximum Gasteiger partial charge on any atom is 0.233 e. The topological polar surface area (TPSA) is 94.1 Å². The maximum atomic E-state index is 12.5. The lowest BCUT2D eigenvalue weighted by Gasteiger charge is -2.31. The van der Waals surface area contributed by atoms with Gasteiger partial charge in [0.15, 0.2) is 5.16 Å². The molecule has 7 nitrogen and oxygen atoms in total. The van der Waals surface area contributed by atoms with E-state index in [0.29, 0.717) is 30.8 Å². The monoisotopic (exact) mass is 349 g/mol. The fourth-order valence-corrected chi connectivity index (χ4v) is 4.25. The lowest BCUT2D eigenvalue weighted by atomic mass is 9.97. The zero-order valence-electron chi connectivity index (χ0n) is 13.7. The van der Waals surface area contributed by atoms with Crippen molar-refractivity contribution in [1.82, 2.24) is 19.7 Å². The Kier molecular flexibility index (Phi) is 4.24. The molecule has 130 valence electrons. The van der Waals surface area contributed by atoms with Gasteiger partial charge in [-0.15, -0.1) is 10.2 Å². The molecule has 1 atom stereocenters. The van der Waals surface area contributed by atoms with Crippen LogP contribution in [0.4, 0.5) is 0 Å². The van der Waals surface area contributed by atoms with Gasteiger partial charge in [-0.05, 0) is 38.5 Å². The van der Waals surface area contributed by atoms with Gasteiger partial charge in [0.05, 0.1) is 11.7 Å². The number of carbonyl (C=O) groups excluding carboxylic acids is 2. The summed E-state index contributed by atoms with van der Waals surface area (Å²) in [6, 6.07) is 0.530.